The minimum Gasteiger partial charge on any atom is -0.391 e. The lowest BCUT2D eigenvalue weighted by Crippen LogP contribution is -2.51. The number of nitrogens with two attached hydrogens (primary N) is 1. The lowest BCUT2D eigenvalue weighted by Gasteiger charge is -2.20. The predicted molar refractivity (Wildman–Crippen MR) is 77.5 cm³/mol. The fourth-order valence-corrected chi connectivity index (χ4v) is 2.20. The monoisotopic (exact) mass is 278 g/mol. The van der Waals surface area contributed by atoms with E-state index in [4.69, 9.17) is 5.73 Å². The number of aliphatic hydroxyl groups excluding tert-OH is 1. The Bertz CT molecular complexity index is 524. The predicted octanol–water partition coefficient (Wildman–Crippen LogP) is 0.885. The number of aliphatic hydroxyl groups is 1. The molecule has 0 aliphatic heterocycles. The molecule has 0 aliphatic rings. The molecule has 0 spiro atoms. The van der Waals surface area contributed by atoms with Gasteiger partial charge in [-0.2, -0.15) is 0 Å². The third-order valence-corrected chi connectivity index (χ3v) is 3.67. The van der Waals surface area contributed by atoms with Crippen molar-refractivity contribution < 1.29 is 14.7 Å². The van der Waals surface area contributed by atoms with E-state index >= 15 is 0 Å². The van der Waals surface area contributed by atoms with E-state index < -0.39 is 24.0 Å². The maximum Gasteiger partial charge on any atom is 0.252 e. The number of benzene rings is 1. The third kappa shape index (κ3) is 3.17. The van der Waals surface area contributed by atoms with Crippen molar-refractivity contribution in [3.63, 3.8) is 0 Å². The number of aryl methyl sites for hydroxylation is 2. The molecule has 20 heavy (non-hydrogen) atoms. The molecule has 110 valence electrons. The number of rotatable bonds is 4. The summed E-state index contributed by atoms with van der Waals surface area (Å²) in [6, 6.07) is 0.920. The zero-order valence-electron chi connectivity index (χ0n) is 12.6. The van der Waals surface area contributed by atoms with Crippen molar-refractivity contribution in [2.24, 2.45) is 5.73 Å². The number of primary amides is 1. The molecule has 0 unspecified atom stereocenters. The topological polar surface area (TPSA) is 92.4 Å². The Kier molecular flexibility index (Phi) is 4.89. The molecule has 5 nitrogen and oxygen atoms in total. The van der Waals surface area contributed by atoms with Crippen molar-refractivity contribution in [1.82, 2.24) is 5.32 Å². The molecule has 2 atom stereocenters. The molecular weight excluding hydrogens is 256 g/mol. The maximum absolute atomic E-state index is 12.4. The Morgan fingerprint density at radius 1 is 1.15 bits per heavy atom. The molecule has 5 heteroatoms. The highest BCUT2D eigenvalue weighted by Gasteiger charge is 2.25. The third-order valence-electron chi connectivity index (χ3n) is 3.67. The van der Waals surface area contributed by atoms with E-state index in [-0.39, 0.29) is 0 Å². The molecule has 0 bridgehead atoms. The number of nitrogens with one attached hydrogen (secondary N) is 1. The first-order valence-corrected chi connectivity index (χ1v) is 6.52. The molecule has 1 aromatic carbocycles. The van der Waals surface area contributed by atoms with Crippen LogP contribution in [0.2, 0.25) is 0 Å². The van der Waals surface area contributed by atoms with Crippen LogP contribution in [0.4, 0.5) is 0 Å². The fourth-order valence-electron chi connectivity index (χ4n) is 2.20. The summed E-state index contributed by atoms with van der Waals surface area (Å²) in [6.07, 6.45) is -1.04. The van der Waals surface area contributed by atoms with Gasteiger partial charge >= 0.3 is 0 Å². The summed E-state index contributed by atoms with van der Waals surface area (Å²) in [5, 5.41) is 12.0. The minimum absolute atomic E-state index is 0.392. The van der Waals surface area contributed by atoms with Crippen molar-refractivity contribution in [1.29, 1.82) is 0 Å². The summed E-state index contributed by atoms with van der Waals surface area (Å²) in [4.78, 5) is 23.6. The Labute approximate surface area is 119 Å². The summed E-state index contributed by atoms with van der Waals surface area (Å²) in [7, 11) is 0. The second-order valence-electron chi connectivity index (χ2n) is 5.23. The lowest BCUT2D eigenvalue weighted by molar-refractivity contribution is -0.122. The molecule has 0 saturated heterocycles. The standard InChI is InChI=1S/C15H22N2O3/c1-7-6-8(2)10(4)12(9(7)3)15(20)17-13(11(5)18)14(16)19/h6,11,13,18H,1-5H3,(H2,16,19)(H,17,20)/t11-,13+/m1/s1. The van der Waals surface area contributed by atoms with E-state index in [1.807, 2.05) is 33.8 Å². The van der Waals surface area contributed by atoms with Gasteiger partial charge in [0.15, 0.2) is 0 Å². The normalized spacial score (nSPS) is 13.7. The SMILES string of the molecule is Cc1cc(C)c(C)c(C(=O)N[C@H](C(N)=O)[C@@H](C)O)c1C. The maximum atomic E-state index is 12.4. The number of hydrogen-bond donors (Lipinski definition) is 3. The molecule has 4 N–H and O–H groups in total. The molecule has 0 aromatic heterocycles. The largest absolute Gasteiger partial charge is 0.391 e. The number of hydrogen-bond acceptors (Lipinski definition) is 3. The van der Waals surface area contributed by atoms with Gasteiger partial charge in [-0.1, -0.05) is 6.07 Å². The van der Waals surface area contributed by atoms with Crippen LogP contribution in [0, 0.1) is 27.7 Å². The van der Waals surface area contributed by atoms with Crippen molar-refractivity contribution in [3.8, 4) is 0 Å². The highest BCUT2D eigenvalue weighted by molar-refractivity contribution is 6.00. The average molecular weight is 278 g/mol. The molecule has 0 heterocycles. The van der Waals surface area contributed by atoms with Gasteiger partial charge in [0.2, 0.25) is 5.91 Å². The summed E-state index contributed by atoms with van der Waals surface area (Å²) >= 11 is 0. The highest BCUT2D eigenvalue weighted by Crippen LogP contribution is 2.21. The molecule has 1 rings (SSSR count). The zero-order valence-corrected chi connectivity index (χ0v) is 12.6. The molecule has 0 radical (unpaired) electrons. The van der Waals surface area contributed by atoms with Crippen LogP contribution in [0.25, 0.3) is 0 Å². The van der Waals surface area contributed by atoms with Crippen molar-refractivity contribution in [2.45, 2.75) is 46.8 Å². The van der Waals surface area contributed by atoms with Gasteiger partial charge in [0.1, 0.15) is 6.04 Å². The summed E-state index contributed by atoms with van der Waals surface area (Å²) in [5.41, 5.74) is 9.45. The van der Waals surface area contributed by atoms with Gasteiger partial charge in [-0.15, -0.1) is 0 Å². The number of carbonyl (C=O) groups is 2. The van der Waals surface area contributed by atoms with Crippen molar-refractivity contribution in [3.05, 3.63) is 33.9 Å². The average Bonchev–Trinajstić information content (AvgIpc) is 2.33. The van der Waals surface area contributed by atoms with Crippen LogP contribution in [0.15, 0.2) is 6.07 Å². The van der Waals surface area contributed by atoms with Gasteiger partial charge in [-0.25, -0.2) is 0 Å². The van der Waals surface area contributed by atoms with Crippen LogP contribution in [-0.2, 0) is 4.79 Å². The van der Waals surface area contributed by atoms with E-state index in [0.29, 0.717) is 5.56 Å². The number of amides is 2. The first kappa shape index (κ1) is 16.2. The second kappa shape index (κ2) is 6.05. The summed E-state index contributed by atoms with van der Waals surface area (Å²) < 4.78 is 0. The summed E-state index contributed by atoms with van der Waals surface area (Å²) in [5.74, 6) is -1.15. The molecular formula is C15H22N2O3. The summed E-state index contributed by atoms with van der Waals surface area (Å²) in [6.45, 7) is 8.99. The lowest BCUT2D eigenvalue weighted by atomic mass is 9.93. The van der Waals surface area contributed by atoms with Gasteiger partial charge in [0, 0.05) is 5.56 Å². The first-order chi connectivity index (χ1) is 9.16. The van der Waals surface area contributed by atoms with Gasteiger partial charge in [-0.05, 0) is 56.9 Å². The van der Waals surface area contributed by atoms with Crippen LogP contribution in [0.5, 0.6) is 0 Å². The van der Waals surface area contributed by atoms with Gasteiger partial charge in [0.05, 0.1) is 6.10 Å². The Hall–Kier alpha value is -1.88. The fraction of sp³-hybridized carbons (Fsp3) is 0.467. The van der Waals surface area contributed by atoms with Crippen LogP contribution < -0.4 is 11.1 Å². The van der Waals surface area contributed by atoms with Crippen LogP contribution >= 0.6 is 0 Å². The first-order valence-electron chi connectivity index (χ1n) is 6.52. The minimum atomic E-state index is -1.10. The van der Waals surface area contributed by atoms with Crippen molar-refractivity contribution >= 4 is 11.8 Å². The van der Waals surface area contributed by atoms with Crippen molar-refractivity contribution in [2.75, 3.05) is 0 Å². The second-order valence-corrected chi connectivity index (χ2v) is 5.23. The Balaban J connectivity index is 3.19. The van der Waals surface area contributed by atoms with Crippen LogP contribution in [0.3, 0.4) is 0 Å². The number of carbonyl (C=O) groups excluding carboxylic acids is 2. The Morgan fingerprint density at radius 3 is 1.95 bits per heavy atom. The van der Waals surface area contributed by atoms with Gasteiger partial charge in [-0.3, -0.25) is 9.59 Å². The van der Waals surface area contributed by atoms with E-state index in [9.17, 15) is 14.7 Å². The van der Waals surface area contributed by atoms with Crippen LogP contribution in [-0.4, -0.2) is 29.1 Å². The smallest absolute Gasteiger partial charge is 0.252 e. The molecule has 0 saturated carbocycles. The molecule has 2 amide bonds. The van der Waals surface area contributed by atoms with E-state index in [0.717, 1.165) is 22.3 Å². The highest BCUT2D eigenvalue weighted by atomic mass is 16.3. The van der Waals surface area contributed by atoms with Gasteiger partial charge < -0.3 is 16.2 Å². The molecule has 0 aliphatic carbocycles. The quantitative estimate of drug-likeness (QED) is 0.763. The Morgan fingerprint density at radius 2 is 1.60 bits per heavy atom. The van der Waals surface area contributed by atoms with Gasteiger partial charge in [0.25, 0.3) is 5.91 Å². The van der Waals surface area contributed by atoms with E-state index in [1.54, 1.807) is 0 Å². The zero-order chi connectivity index (χ0) is 15.6. The molecule has 1 aromatic rings. The van der Waals surface area contributed by atoms with E-state index in [1.165, 1.54) is 6.92 Å². The van der Waals surface area contributed by atoms with E-state index in [2.05, 4.69) is 5.32 Å². The molecule has 0 fully saturated rings. The van der Waals surface area contributed by atoms with Crippen LogP contribution in [0.1, 0.15) is 39.5 Å².